The van der Waals surface area contributed by atoms with Crippen LogP contribution in [0.25, 0.3) is 0 Å². The minimum Gasteiger partial charge on any atom is -0.298 e. The van der Waals surface area contributed by atoms with E-state index < -0.39 is 5.54 Å². The molecule has 0 fully saturated rings. The van der Waals surface area contributed by atoms with E-state index >= 15 is 0 Å². The van der Waals surface area contributed by atoms with Gasteiger partial charge in [-0.25, -0.2) is 0 Å². The zero-order chi connectivity index (χ0) is 11.1. The van der Waals surface area contributed by atoms with Gasteiger partial charge in [0.1, 0.15) is 5.54 Å². The molecule has 80 valence electrons. The monoisotopic (exact) mass is 220 g/mol. The van der Waals surface area contributed by atoms with Crippen LogP contribution in [-0.2, 0) is 5.54 Å². The number of hydrogen-bond donors (Lipinski definition) is 1. The highest BCUT2D eigenvalue weighted by Gasteiger charge is 2.29. The molecular formula is C12H16N2S. The summed E-state index contributed by atoms with van der Waals surface area (Å²) in [4.78, 5) is 0. The van der Waals surface area contributed by atoms with Crippen LogP contribution in [0.1, 0.15) is 12.5 Å². The highest BCUT2D eigenvalue weighted by atomic mass is 32.2. The van der Waals surface area contributed by atoms with Crippen molar-refractivity contribution in [3.05, 3.63) is 35.9 Å². The van der Waals surface area contributed by atoms with Crippen LogP contribution >= 0.6 is 11.8 Å². The van der Waals surface area contributed by atoms with E-state index in [1.54, 1.807) is 11.8 Å². The Morgan fingerprint density at radius 3 is 2.53 bits per heavy atom. The molecule has 1 unspecified atom stereocenters. The summed E-state index contributed by atoms with van der Waals surface area (Å²) in [5.74, 6) is 1.80. The second kappa shape index (κ2) is 5.79. The van der Waals surface area contributed by atoms with Crippen LogP contribution in [0.5, 0.6) is 0 Å². The summed E-state index contributed by atoms with van der Waals surface area (Å²) < 4.78 is 0. The topological polar surface area (TPSA) is 35.8 Å². The van der Waals surface area contributed by atoms with Gasteiger partial charge in [-0.2, -0.15) is 17.0 Å². The maximum Gasteiger partial charge on any atom is 0.141 e. The van der Waals surface area contributed by atoms with E-state index in [9.17, 15) is 5.26 Å². The second-order valence-electron chi connectivity index (χ2n) is 3.27. The first-order valence-corrected chi connectivity index (χ1v) is 6.18. The standard InChI is InChI=1S/C12H16N2S/c1-3-15-10-12(9-13,14-2)11-7-5-4-6-8-11/h4-8,14H,3,10H2,1-2H3. The zero-order valence-corrected chi connectivity index (χ0v) is 9.97. The van der Waals surface area contributed by atoms with Crippen LogP contribution < -0.4 is 5.32 Å². The largest absolute Gasteiger partial charge is 0.298 e. The lowest BCUT2D eigenvalue weighted by Crippen LogP contribution is -2.41. The maximum atomic E-state index is 9.33. The molecule has 0 radical (unpaired) electrons. The highest BCUT2D eigenvalue weighted by Crippen LogP contribution is 2.24. The predicted molar refractivity (Wildman–Crippen MR) is 65.8 cm³/mol. The molecule has 0 saturated carbocycles. The minimum absolute atomic E-state index is 0.554. The Hall–Kier alpha value is -0.980. The summed E-state index contributed by atoms with van der Waals surface area (Å²) in [6.07, 6.45) is 0. The number of rotatable bonds is 5. The van der Waals surface area contributed by atoms with Crippen molar-refractivity contribution in [1.29, 1.82) is 5.26 Å². The highest BCUT2D eigenvalue weighted by molar-refractivity contribution is 7.99. The van der Waals surface area contributed by atoms with Gasteiger partial charge in [0.25, 0.3) is 0 Å². The molecular weight excluding hydrogens is 204 g/mol. The number of nitrogens with one attached hydrogen (secondary N) is 1. The van der Waals surface area contributed by atoms with Gasteiger partial charge < -0.3 is 0 Å². The summed E-state index contributed by atoms with van der Waals surface area (Å²) >= 11 is 1.77. The van der Waals surface area contributed by atoms with E-state index in [1.165, 1.54) is 0 Å². The van der Waals surface area contributed by atoms with Crippen LogP contribution in [0.15, 0.2) is 30.3 Å². The summed E-state index contributed by atoms with van der Waals surface area (Å²) in [5, 5.41) is 12.5. The fourth-order valence-corrected chi connectivity index (χ4v) is 2.32. The van der Waals surface area contributed by atoms with Crippen molar-refractivity contribution in [3.63, 3.8) is 0 Å². The van der Waals surface area contributed by atoms with Crippen molar-refractivity contribution in [1.82, 2.24) is 5.32 Å². The van der Waals surface area contributed by atoms with Gasteiger partial charge in [0.15, 0.2) is 0 Å². The lowest BCUT2D eigenvalue weighted by atomic mass is 9.94. The molecule has 1 atom stereocenters. The lowest BCUT2D eigenvalue weighted by molar-refractivity contribution is 0.528. The fraction of sp³-hybridized carbons (Fsp3) is 0.417. The van der Waals surface area contributed by atoms with E-state index in [0.29, 0.717) is 0 Å². The van der Waals surface area contributed by atoms with Gasteiger partial charge >= 0.3 is 0 Å². The van der Waals surface area contributed by atoms with E-state index in [0.717, 1.165) is 17.1 Å². The van der Waals surface area contributed by atoms with Gasteiger partial charge in [0.05, 0.1) is 6.07 Å². The van der Waals surface area contributed by atoms with Crippen molar-refractivity contribution >= 4 is 11.8 Å². The van der Waals surface area contributed by atoms with Gasteiger partial charge in [-0.3, -0.25) is 5.32 Å². The third-order valence-electron chi connectivity index (χ3n) is 2.41. The molecule has 0 aliphatic rings. The van der Waals surface area contributed by atoms with E-state index in [2.05, 4.69) is 18.3 Å². The number of thioether (sulfide) groups is 1. The molecule has 0 bridgehead atoms. The summed E-state index contributed by atoms with van der Waals surface area (Å²) in [7, 11) is 1.84. The van der Waals surface area contributed by atoms with Crippen molar-refractivity contribution in [2.45, 2.75) is 12.5 Å². The Morgan fingerprint density at radius 2 is 2.07 bits per heavy atom. The normalized spacial score (nSPS) is 14.2. The Kier molecular flexibility index (Phi) is 4.67. The first kappa shape index (κ1) is 12.1. The van der Waals surface area contributed by atoms with Crippen molar-refractivity contribution in [2.75, 3.05) is 18.6 Å². The van der Waals surface area contributed by atoms with Gasteiger partial charge in [0, 0.05) is 5.75 Å². The number of benzene rings is 1. The van der Waals surface area contributed by atoms with Crippen LogP contribution in [0.2, 0.25) is 0 Å². The smallest absolute Gasteiger partial charge is 0.141 e. The Labute approximate surface area is 95.7 Å². The van der Waals surface area contributed by atoms with Gasteiger partial charge in [0.2, 0.25) is 0 Å². The molecule has 2 nitrogen and oxygen atoms in total. The molecule has 3 heteroatoms. The van der Waals surface area contributed by atoms with Crippen molar-refractivity contribution < 1.29 is 0 Å². The number of hydrogen-bond acceptors (Lipinski definition) is 3. The molecule has 1 N–H and O–H groups in total. The van der Waals surface area contributed by atoms with E-state index in [4.69, 9.17) is 0 Å². The second-order valence-corrected chi connectivity index (χ2v) is 4.54. The molecule has 0 aromatic heterocycles. The van der Waals surface area contributed by atoms with Crippen LogP contribution in [0.3, 0.4) is 0 Å². The molecule has 0 aliphatic carbocycles. The van der Waals surface area contributed by atoms with Crippen molar-refractivity contribution in [3.8, 4) is 6.07 Å². The Balaban J connectivity index is 2.96. The molecule has 1 aromatic carbocycles. The predicted octanol–water partition coefficient (Wildman–Crippen LogP) is 2.38. The lowest BCUT2D eigenvalue weighted by Gasteiger charge is -2.26. The summed E-state index contributed by atoms with van der Waals surface area (Å²) in [6.45, 7) is 2.10. The molecule has 15 heavy (non-hydrogen) atoms. The first-order chi connectivity index (χ1) is 7.29. The van der Waals surface area contributed by atoms with Gasteiger partial charge in [-0.05, 0) is 18.4 Å². The minimum atomic E-state index is -0.554. The Bertz CT molecular complexity index is 331. The molecule has 0 spiro atoms. The third kappa shape index (κ3) is 2.74. The first-order valence-electron chi connectivity index (χ1n) is 5.02. The molecule has 0 heterocycles. The number of nitriles is 1. The van der Waals surface area contributed by atoms with Gasteiger partial charge in [-0.1, -0.05) is 37.3 Å². The average Bonchev–Trinajstić information content (AvgIpc) is 2.33. The molecule has 0 amide bonds. The summed E-state index contributed by atoms with van der Waals surface area (Å²) in [6, 6.07) is 12.3. The summed E-state index contributed by atoms with van der Waals surface area (Å²) in [5.41, 5.74) is 0.484. The van der Waals surface area contributed by atoms with Crippen LogP contribution in [0.4, 0.5) is 0 Å². The van der Waals surface area contributed by atoms with E-state index in [-0.39, 0.29) is 0 Å². The van der Waals surface area contributed by atoms with E-state index in [1.807, 2.05) is 37.4 Å². The molecule has 0 aliphatic heterocycles. The third-order valence-corrected chi connectivity index (χ3v) is 3.45. The fourth-order valence-electron chi connectivity index (χ4n) is 1.43. The van der Waals surface area contributed by atoms with Crippen LogP contribution in [0, 0.1) is 11.3 Å². The van der Waals surface area contributed by atoms with Gasteiger partial charge in [-0.15, -0.1) is 0 Å². The molecule has 1 aromatic rings. The molecule has 0 saturated heterocycles. The number of nitrogens with zero attached hydrogens (tertiary/aromatic N) is 1. The van der Waals surface area contributed by atoms with Crippen LogP contribution in [-0.4, -0.2) is 18.6 Å². The zero-order valence-electron chi connectivity index (χ0n) is 9.16. The van der Waals surface area contributed by atoms with Crippen molar-refractivity contribution in [2.24, 2.45) is 0 Å². The average molecular weight is 220 g/mol. The maximum absolute atomic E-state index is 9.33. The quantitative estimate of drug-likeness (QED) is 0.827. The molecule has 1 rings (SSSR count). The Morgan fingerprint density at radius 1 is 1.40 bits per heavy atom. The SMILES string of the molecule is CCSCC(C#N)(NC)c1ccccc1.